The van der Waals surface area contributed by atoms with Crippen molar-refractivity contribution in [2.75, 3.05) is 18.5 Å². The summed E-state index contributed by atoms with van der Waals surface area (Å²) in [7, 11) is 0. The van der Waals surface area contributed by atoms with Gasteiger partial charge in [0.25, 0.3) is 0 Å². The Morgan fingerprint density at radius 1 is 1.31 bits per heavy atom. The summed E-state index contributed by atoms with van der Waals surface area (Å²) in [6.07, 6.45) is 0.825. The van der Waals surface area contributed by atoms with E-state index in [1.54, 1.807) is 25.1 Å². The van der Waals surface area contributed by atoms with E-state index >= 15 is 0 Å². The van der Waals surface area contributed by atoms with Crippen molar-refractivity contribution in [3.8, 4) is 11.6 Å². The number of aromatic nitrogens is 1. The molecule has 1 fully saturated rings. The van der Waals surface area contributed by atoms with Crippen molar-refractivity contribution >= 4 is 23.3 Å². The molecule has 2 N–H and O–H groups in total. The third kappa shape index (κ3) is 3.92. The van der Waals surface area contributed by atoms with Crippen LogP contribution in [0.3, 0.4) is 0 Å². The van der Waals surface area contributed by atoms with Crippen LogP contribution in [0.5, 0.6) is 11.6 Å². The number of benzene rings is 1. The molecule has 1 saturated heterocycles. The average molecular weight is 377 g/mol. The van der Waals surface area contributed by atoms with Gasteiger partial charge in [-0.15, -0.1) is 0 Å². The third-order valence-electron chi connectivity index (χ3n) is 4.24. The maximum Gasteiger partial charge on any atom is 0.343 e. The van der Waals surface area contributed by atoms with E-state index in [2.05, 4.69) is 10.3 Å². The van der Waals surface area contributed by atoms with Crippen LogP contribution in [0.25, 0.3) is 0 Å². The van der Waals surface area contributed by atoms with Gasteiger partial charge in [-0.1, -0.05) is 11.6 Å². The first kappa shape index (κ1) is 18.5. The van der Waals surface area contributed by atoms with E-state index in [1.165, 1.54) is 0 Å². The van der Waals surface area contributed by atoms with Crippen LogP contribution in [0.1, 0.15) is 33.6 Å². The van der Waals surface area contributed by atoms with Gasteiger partial charge < -0.3 is 19.9 Å². The summed E-state index contributed by atoms with van der Waals surface area (Å²) >= 11 is 6.07. The number of carboxylic acid groups (broad SMARTS) is 1. The number of nitrogens with zero attached hydrogens (tertiary/aromatic N) is 1. The van der Waals surface area contributed by atoms with Gasteiger partial charge in [0.15, 0.2) is 0 Å². The highest BCUT2D eigenvalue weighted by atomic mass is 35.5. The zero-order chi connectivity index (χ0) is 18.8. The number of anilines is 1. The van der Waals surface area contributed by atoms with E-state index in [4.69, 9.17) is 21.1 Å². The first-order chi connectivity index (χ1) is 12.3. The molecule has 1 aliphatic rings. The van der Waals surface area contributed by atoms with Crippen LogP contribution in [0.15, 0.2) is 18.2 Å². The number of hydrogen-bond acceptors (Lipinski definition) is 5. The quantitative estimate of drug-likeness (QED) is 0.807. The fourth-order valence-corrected chi connectivity index (χ4v) is 3.39. The van der Waals surface area contributed by atoms with Crippen molar-refractivity contribution in [3.63, 3.8) is 0 Å². The molecule has 1 aliphatic heterocycles. The van der Waals surface area contributed by atoms with Crippen LogP contribution in [0.4, 0.5) is 5.69 Å². The van der Waals surface area contributed by atoms with Gasteiger partial charge in [-0.2, -0.15) is 0 Å². The van der Waals surface area contributed by atoms with E-state index in [0.29, 0.717) is 35.4 Å². The minimum Gasteiger partial charge on any atom is -0.477 e. The number of halogens is 1. The SMILES string of the molecule is Cc1cc(NC2CCOC2)c(C(=O)O)c(Oc2c(C)cc(Cl)cc2C)n1. The summed E-state index contributed by atoms with van der Waals surface area (Å²) in [5, 5.41) is 13.6. The number of aryl methyl sites for hydroxylation is 3. The van der Waals surface area contributed by atoms with Gasteiger partial charge in [0, 0.05) is 17.3 Å². The predicted octanol–water partition coefficient (Wildman–Crippen LogP) is 4.35. The second kappa shape index (κ2) is 7.51. The van der Waals surface area contributed by atoms with Crippen molar-refractivity contribution in [3.05, 3.63) is 45.6 Å². The second-order valence-electron chi connectivity index (χ2n) is 6.47. The van der Waals surface area contributed by atoms with Crippen molar-refractivity contribution in [2.24, 2.45) is 0 Å². The third-order valence-corrected chi connectivity index (χ3v) is 4.46. The first-order valence-corrected chi connectivity index (χ1v) is 8.76. The minimum atomic E-state index is -1.10. The van der Waals surface area contributed by atoms with Crippen LogP contribution >= 0.6 is 11.6 Å². The zero-order valence-electron chi connectivity index (χ0n) is 14.9. The number of carboxylic acids is 1. The molecule has 2 aromatic rings. The number of pyridine rings is 1. The molecular formula is C19H21ClN2O4. The highest BCUT2D eigenvalue weighted by Gasteiger charge is 2.24. The Kier molecular flexibility index (Phi) is 5.34. The molecule has 6 nitrogen and oxygen atoms in total. The summed E-state index contributed by atoms with van der Waals surface area (Å²) in [5.74, 6) is -0.476. The number of carbonyl (C=O) groups is 1. The van der Waals surface area contributed by atoms with Gasteiger partial charge in [-0.25, -0.2) is 9.78 Å². The predicted molar refractivity (Wildman–Crippen MR) is 99.8 cm³/mol. The lowest BCUT2D eigenvalue weighted by Gasteiger charge is -2.18. The number of rotatable bonds is 5. The molecule has 7 heteroatoms. The normalized spacial score (nSPS) is 16.5. The van der Waals surface area contributed by atoms with Gasteiger partial charge in [0.2, 0.25) is 5.88 Å². The summed E-state index contributed by atoms with van der Waals surface area (Å²) in [6.45, 7) is 6.73. The fraction of sp³-hybridized carbons (Fsp3) is 0.368. The topological polar surface area (TPSA) is 80.7 Å². The molecule has 3 rings (SSSR count). The Hall–Kier alpha value is -2.31. The van der Waals surface area contributed by atoms with Crippen molar-refractivity contribution in [1.29, 1.82) is 0 Å². The van der Waals surface area contributed by atoms with Gasteiger partial charge in [-0.3, -0.25) is 0 Å². The van der Waals surface area contributed by atoms with Crippen LogP contribution in [-0.4, -0.2) is 35.3 Å². The average Bonchev–Trinajstić information content (AvgIpc) is 3.03. The lowest BCUT2D eigenvalue weighted by atomic mass is 10.1. The van der Waals surface area contributed by atoms with E-state index in [1.807, 2.05) is 13.8 Å². The number of hydrogen-bond donors (Lipinski definition) is 2. The van der Waals surface area contributed by atoms with Crippen LogP contribution in [0.2, 0.25) is 5.02 Å². The van der Waals surface area contributed by atoms with E-state index in [9.17, 15) is 9.90 Å². The monoisotopic (exact) mass is 376 g/mol. The fourth-order valence-electron chi connectivity index (χ4n) is 3.06. The maximum atomic E-state index is 11.9. The molecule has 0 saturated carbocycles. The maximum absolute atomic E-state index is 11.9. The molecule has 26 heavy (non-hydrogen) atoms. The Morgan fingerprint density at radius 2 is 2.00 bits per heavy atom. The lowest BCUT2D eigenvalue weighted by Crippen LogP contribution is -2.21. The number of ether oxygens (including phenoxy) is 2. The van der Waals surface area contributed by atoms with E-state index in [-0.39, 0.29) is 17.5 Å². The second-order valence-corrected chi connectivity index (χ2v) is 6.91. The summed E-state index contributed by atoms with van der Waals surface area (Å²) < 4.78 is 11.3. The molecule has 0 bridgehead atoms. The zero-order valence-corrected chi connectivity index (χ0v) is 15.7. The smallest absolute Gasteiger partial charge is 0.343 e. The molecule has 1 aromatic heterocycles. The highest BCUT2D eigenvalue weighted by Crippen LogP contribution is 2.35. The molecule has 1 unspecified atom stereocenters. The molecule has 138 valence electrons. The molecule has 2 heterocycles. The molecule has 0 spiro atoms. The van der Waals surface area contributed by atoms with Gasteiger partial charge >= 0.3 is 5.97 Å². The van der Waals surface area contributed by atoms with Crippen LogP contribution in [-0.2, 0) is 4.74 Å². The summed E-state index contributed by atoms with van der Waals surface area (Å²) in [6, 6.07) is 5.34. The molecule has 1 atom stereocenters. The minimum absolute atomic E-state index is 0.0104. The highest BCUT2D eigenvalue weighted by molar-refractivity contribution is 6.30. The Bertz CT molecular complexity index is 825. The molecule has 0 aliphatic carbocycles. The van der Waals surface area contributed by atoms with Crippen molar-refractivity contribution in [2.45, 2.75) is 33.2 Å². The molecule has 0 radical (unpaired) electrons. The molecule has 0 amide bonds. The summed E-state index contributed by atoms with van der Waals surface area (Å²) in [4.78, 5) is 16.3. The van der Waals surface area contributed by atoms with Crippen LogP contribution < -0.4 is 10.1 Å². The van der Waals surface area contributed by atoms with Crippen molar-refractivity contribution in [1.82, 2.24) is 4.98 Å². The Labute approximate surface area is 157 Å². The van der Waals surface area contributed by atoms with Gasteiger partial charge in [0.05, 0.1) is 18.3 Å². The number of nitrogens with one attached hydrogen (secondary N) is 1. The van der Waals surface area contributed by atoms with Gasteiger partial charge in [-0.05, 0) is 56.5 Å². The van der Waals surface area contributed by atoms with Crippen molar-refractivity contribution < 1.29 is 19.4 Å². The lowest BCUT2D eigenvalue weighted by molar-refractivity contribution is 0.0694. The standard InChI is InChI=1S/C19H21ClN2O4/c1-10-6-13(20)7-11(2)17(10)26-18-16(19(23)24)15(8-12(3)21-18)22-14-4-5-25-9-14/h6-8,14H,4-5,9H2,1-3H3,(H,21,22)(H,23,24). The Balaban J connectivity index is 2.03. The van der Waals surface area contributed by atoms with Crippen LogP contribution in [0, 0.1) is 20.8 Å². The summed E-state index contributed by atoms with van der Waals surface area (Å²) in [5.41, 5.74) is 2.79. The molecular weight excluding hydrogens is 356 g/mol. The van der Waals surface area contributed by atoms with E-state index < -0.39 is 5.97 Å². The Morgan fingerprint density at radius 3 is 2.58 bits per heavy atom. The number of aromatic carboxylic acids is 1. The first-order valence-electron chi connectivity index (χ1n) is 8.39. The van der Waals surface area contributed by atoms with E-state index in [0.717, 1.165) is 17.5 Å². The largest absolute Gasteiger partial charge is 0.477 e. The van der Waals surface area contributed by atoms with Gasteiger partial charge in [0.1, 0.15) is 11.3 Å². The molecule has 1 aromatic carbocycles.